The van der Waals surface area contributed by atoms with E-state index in [1.807, 2.05) is 6.92 Å². The molecular formula is C15H14N4O2. The second-order valence-corrected chi connectivity index (χ2v) is 4.64. The zero-order chi connectivity index (χ0) is 14.8. The minimum absolute atomic E-state index is 0.146. The van der Waals surface area contributed by atoms with Crippen LogP contribution in [0.1, 0.15) is 33.3 Å². The van der Waals surface area contributed by atoms with E-state index in [4.69, 9.17) is 0 Å². The second-order valence-electron chi connectivity index (χ2n) is 4.64. The van der Waals surface area contributed by atoms with Gasteiger partial charge in [0.15, 0.2) is 0 Å². The number of rotatable bonds is 4. The predicted molar refractivity (Wildman–Crippen MR) is 76.8 cm³/mol. The highest BCUT2D eigenvalue weighted by Gasteiger charge is 2.35. The number of nitrogens with zero attached hydrogens (tertiary/aromatic N) is 3. The first-order chi connectivity index (χ1) is 10.2. The van der Waals surface area contributed by atoms with Crippen LogP contribution < -0.4 is 5.32 Å². The quantitative estimate of drug-likeness (QED) is 0.864. The molecule has 0 atom stereocenters. The summed E-state index contributed by atoms with van der Waals surface area (Å²) in [4.78, 5) is 34.1. The van der Waals surface area contributed by atoms with E-state index >= 15 is 0 Å². The lowest BCUT2D eigenvalue weighted by atomic mass is 10.1. The predicted octanol–water partition coefficient (Wildman–Crippen LogP) is 1.70. The molecule has 0 saturated carbocycles. The summed E-state index contributed by atoms with van der Waals surface area (Å²) in [5.41, 5.74) is 1.52. The Morgan fingerprint density at radius 2 is 1.76 bits per heavy atom. The molecule has 0 unspecified atom stereocenters. The standard InChI is InChI=1S/C15H14N4O2/c1-2-16-15-17-8-7-10(18-15)9-19-13(20)11-5-3-4-6-12(11)14(19)21/h3-8H,2,9H2,1H3,(H,16,17,18). The van der Waals surface area contributed by atoms with E-state index in [1.54, 1.807) is 36.5 Å². The van der Waals surface area contributed by atoms with E-state index < -0.39 is 0 Å². The minimum Gasteiger partial charge on any atom is -0.354 e. The summed E-state index contributed by atoms with van der Waals surface area (Å²) in [6, 6.07) is 8.53. The van der Waals surface area contributed by atoms with Crippen LogP contribution in [-0.4, -0.2) is 33.2 Å². The maximum absolute atomic E-state index is 12.3. The normalized spacial score (nSPS) is 13.5. The smallest absolute Gasteiger partial charge is 0.261 e. The van der Waals surface area contributed by atoms with Crippen LogP contribution in [0.15, 0.2) is 36.5 Å². The van der Waals surface area contributed by atoms with E-state index in [1.165, 1.54) is 4.90 Å². The summed E-state index contributed by atoms with van der Waals surface area (Å²) >= 11 is 0. The van der Waals surface area contributed by atoms with Gasteiger partial charge in [-0.15, -0.1) is 0 Å². The van der Waals surface area contributed by atoms with Crippen LogP contribution >= 0.6 is 0 Å². The number of hydrogen-bond donors (Lipinski definition) is 1. The average molecular weight is 282 g/mol. The number of carbonyl (C=O) groups is 2. The largest absolute Gasteiger partial charge is 0.354 e. The Balaban J connectivity index is 1.85. The molecule has 3 rings (SSSR count). The number of aromatic nitrogens is 2. The number of hydrogen-bond acceptors (Lipinski definition) is 5. The number of amides is 2. The van der Waals surface area contributed by atoms with Crippen LogP contribution in [0, 0.1) is 0 Å². The molecule has 1 aromatic carbocycles. The van der Waals surface area contributed by atoms with Crippen molar-refractivity contribution in [3.8, 4) is 0 Å². The van der Waals surface area contributed by atoms with Crippen LogP contribution in [0.3, 0.4) is 0 Å². The molecule has 106 valence electrons. The Bertz CT molecular complexity index is 679. The van der Waals surface area contributed by atoms with E-state index in [0.29, 0.717) is 29.3 Å². The molecular weight excluding hydrogens is 268 g/mol. The molecule has 1 N–H and O–H groups in total. The van der Waals surface area contributed by atoms with Gasteiger partial charge in [0.05, 0.1) is 23.4 Å². The number of anilines is 1. The summed E-state index contributed by atoms with van der Waals surface area (Å²) < 4.78 is 0. The second kappa shape index (κ2) is 5.32. The van der Waals surface area contributed by atoms with Crippen molar-refractivity contribution in [3.05, 3.63) is 53.3 Å². The fraction of sp³-hybridized carbons (Fsp3) is 0.200. The number of fused-ring (bicyclic) bond motifs is 1. The monoisotopic (exact) mass is 282 g/mol. The van der Waals surface area contributed by atoms with Gasteiger partial charge in [-0.05, 0) is 25.1 Å². The van der Waals surface area contributed by atoms with Crippen molar-refractivity contribution >= 4 is 17.8 Å². The first kappa shape index (κ1) is 13.2. The Labute approximate surface area is 121 Å². The topological polar surface area (TPSA) is 75.2 Å². The summed E-state index contributed by atoms with van der Waals surface area (Å²) in [6.45, 7) is 2.80. The number of benzene rings is 1. The molecule has 0 bridgehead atoms. The SMILES string of the molecule is CCNc1nccc(CN2C(=O)c3ccccc3C2=O)n1. The molecule has 6 heteroatoms. The summed E-state index contributed by atoms with van der Waals surface area (Å²) in [5.74, 6) is -0.0648. The van der Waals surface area contributed by atoms with Crippen LogP contribution in [0.25, 0.3) is 0 Å². The molecule has 0 fully saturated rings. The first-order valence-electron chi connectivity index (χ1n) is 6.71. The van der Waals surface area contributed by atoms with Crippen LogP contribution in [-0.2, 0) is 6.54 Å². The average Bonchev–Trinajstić information content (AvgIpc) is 2.74. The Morgan fingerprint density at radius 1 is 1.10 bits per heavy atom. The van der Waals surface area contributed by atoms with Crippen molar-refractivity contribution in [2.24, 2.45) is 0 Å². The third-order valence-electron chi connectivity index (χ3n) is 3.25. The lowest BCUT2D eigenvalue weighted by Crippen LogP contribution is -2.29. The van der Waals surface area contributed by atoms with Gasteiger partial charge in [0, 0.05) is 12.7 Å². The van der Waals surface area contributed by atoms with Crippen LogP contribution in [0.4, 0.5) is 5.95 Å². The highest BCUT2D eigenvalue weighted by atomic mass is 16.2. The molecule has 2 aromatic rings. The maximum atomic E-state index is 12.3. The van der Waals surface area contributed by atoms with Crippen molar-refractivity contribution in [2.45, 2.75) is 13.5 Å². The molecule has 1 aliphatic heterocycles. The maximum Gasteiger partial charge on any atom is 0.261 e. The molecule has 1 aliphatic rings. The highest BCUT2D eigenvalue weighted by molar-refractivity contribution is 6.21. The highest BCUT2D eigenvalue weighted by Crippen LogP contribution is 2.23. The molecule has 2 heterocycles. The summed E-state index contributed by atoms with van der Waals surface area (Å²) in [5, 5.41) is 3.00. The lowest BCUT2D eigenvalue weighted by molar-refractivity contribution is 0.0640. The Kier molecular flexibility index (Phi) is 3.35. The van der Waals surface area contributed by atoms with Gasteiger partial charge in [0.25, 0.3) is 11.8 Å². The van der Waals surface area contributed by atoms with Gasteiger partial charge in [0.1, 0.15) is 0 Å². The van der Waals surface area contributed by atoms with Crippen LogP contribution in [0.2, 0.25) is 0 Å². The first-order valence-corrected chi connectivity index (χ1v) is 6.71. The van der Waals surface area contributed by atoms with Crippen LogP contribution in [0.5, 0.6) is 0 Å². The molecule has 6 nitrogen and oxygen atoms in total. The van der Waals surface area contributed by atoms with Crippen molar-refractivity contribution < 1.29 is 9.59 Å². The number of carbonyl (C=O) groups excluding carboxylic acids is 2. The van der Waals surface area contributed by atoms with Gasteiger partial charge in [-0.25, -0.2) is 9.97 Å². The van der Waals surface area contributed by atoms with E-state index in [9.17, 15) is 9.59 Å². The van der Waals surface area contributed by atoms with Crippen molar-refractivity contribution in [2.75, 3.05) is 11.9 Å². The molecule has 0 aliphatic carbocycles. The van der Waals surface area contributed by atoms with Crippen molar-refractivity contribution in [1.82, 2.24) is 14.9 Å². The van der Waals surface area contributed by atoms with E-state index in [-0.39, 0.29) is 18.4 Å². The Hall–Kier alpha value is -2.76. The summed E-state index contributed by atoms with van der Waals surface area (Å²) in [7, 11) is 0. The zero-order valence-corrected chi connectivity index (χ0v) is 11.5. The third-order valence-corrected chi connectivity index (χ3v) is 3.25. The van der Waals surface area contributed by atoms with Crippen molar-refractivity contribution in [1.29, 1.82) is 0 Å². The molecule has 0 radical (unpaired) electrons. The summed E-state index contributed by atoms with van der Waals surface area (Å²) in [6.07, 6.45) is 1.61. The molecule has 0 spiro atoms. The Morgan fingerprint density at radius 3 is 2.38 bits per heavy atom. The molecule has 1 aromatic heterocycles. The van der Waals surface area contributed by atoms with E-state index in [2.05, 4.69) is 15.3 Å². The lowest BCUT2D eigenvalue weighted by Gasteiger charge is -2.13. The fourth-order valence-corrected chi connectivity index (χ4v) is 2.27. The number of nitrogens with one attached hydrogen (secondary N) is 1. The van der Waals surface area contributed by atoms with E-state index in [0.717, 1.165) is 0 Å². The third kappa shape index (κ3) is 2.35. The van der Waals surface area contributed by atoms with Gasteiger partial charge in [-0.2, -0.15) is 0 Å². The van der Waals surface area contributed by atoms with Gasteiger partial charge in [0.2, 0.25) is 5.95 Å². The molecule has 2 amide bonds. The van der Waals surface area contributed by atoms with Gasteiger partial charge in [-0.3, -0.25) is 14.5 Å². The van der Waals surface area contributed by atoms with Gasteiger partial charge < -0.3 is 5.32 Å². The fourth-order valence-electron chi connectivity index (χ4n) is 2.27. The minimum atomic E-state index is -0.279. The zero-order valence-electron chi connectivity index (χ0n) is 11.5. The van der Waals surface area contributed by atoms with Crippen molar-refractivity contribution in [3.63, 3.8) is 0 Å². The number of imide groups is 1. The molecule has 0 saturated heterocycles. The van der Waals surface area contributed by atoms with Gasteiger partial charge in [-0.1, -0.05) is 12.1 Å². The van der Waals surface area contributed by atoms with Gasteiger partial charge >= 0.3 is 0 Å². The molecule has 21 heavy (non-hydrogen) atoms.